The Kier molecular flexibility index (Phi) is 3.31. The smallest absolute Gasteiger partial charge is 0.105 e. The molecule has 2 rings (SSSR count). The summed E-state index contributed by atoms with van der Waals surface area (Å²) in [5.74, 6) is 1.38. The summed E-state index contributed by atoms with van der Waals surface area (Å²) in [6.07, 6.45) is 0. The molecule has 2 nitrogen and oxygen atoms in total. The van der Waals surface area contributed by atoms with Gasteiger partial charge in [0.15, 0.2) is 0 Å². The summed E-state index contributed by atoms with van der Waals surface area (Å²) in [6, 6.07) is 10.4. The number of benzene rings is 1. The molecule has 80 valence electrons. The van der Waals surface area contributed by atoms with Crippen molar-refractivity contribution in [2.45, 2.75) is 18.1 Å². The van der Waals surface area contributed by atoms with Crippen molar-refractivity contribution in [1.29, 1.82) is 0 Å². The van der Waals surface area contributed by atoms with Crippen LogP contribution in [0.1, 0.15) is 18.4 Å². The highest BCUT2D eigenvalue weighted by Crippen LogP contribution is 2.25. The Morgan fingerprint density at radius 3 is 2.60 bits per heavy atom. The van der Waals surface area contributed by atoms with Crippen LogP contribution in [0, 0.1) is 0 Å². The fraction of sp³-hybridized carbons (Fsp3) is 0.417. The van der Waals surface area contributed by atoms with Crippen LogP contribution in [0.15, 0.2) is 35.3 Å². The van der Waals surface area contributed by atoms with E-state index in [4.69, 9.17) is 0 Å². The molecule has 1 aromatic carbocycles. The fourth-order valence-corrected chi connectivity index (χ4v) is 2.26. The first-order chi connectivity index (χ1) is 7.29. The molecule has 1 aromatic rings. The predicted octanol–water partition coefficient (Wildman–Crippen LogP) is 2.09. The second-order valence-electron chi connectivity index (χ2n) is 3.82. The number of nitrogens with zero attached hydrogens (tertiary/aromatic N) is 1. The van der Waals surface area contributed by atoms with Crippen LogP contribution in [0.3, 0.4) is 0 Å². The Morgan fingerprint density at radius 1 is 1.33 bits per heavy atom. The van der Waals surface area contributed by atoms with Gasteiger partial charge in [-0.3, -0.25) is 4.99 Å². The van der Waals surface area contributed by atoms with E-state index < -0.39 is 0 Å². The van der Waals surface area contributed by atoms with Gasteiger partial charge in [-0.15, -0.1) is 0 Å². The first-order valence-corrected chi connectivity index (χ1v) is 5.82. The van der Waals surface area contributed by atoms with E-state index in [1.807, 2.05) is 6.07 Å². The average Bonchev–Trinajstić information content (AvgIpc) is 2.72. The van der Waals surface area contributed by atoms with Crippen LogP contribution < -0.4 is 5.32 Å². The third-order valence-corrected chi connectivity index (χ3v) is 2.93. The van der Waals surface area contributed by atoms with Crippen molar-refractivity contribution in [3.8, 4) is 0 Å². The van der Waals surface area contributed by atoms with Gasteiger partial charge in [-0.25, -0.2) is 0 Å². The third kappa shape index (κ3) is 2.34. The van der Waals surface area contributed by atoms with Crippen LogP contribution in [0.2, 0.25) is 0 Å². The average molecular weight is 220 g/mol. The van der Waals surface area contributed by atoms with Crippen molar-refractivity contribution < 1.29 is 0 Å². The number of hydrogen-bond acceptors (Lipinski definition) is 3. The molecule has 0 bridgehead atoms. The molecule has 0 radical (unpaired) electrons. The van der Waals surface area contributed by atoms with Gasteiger partial charge in [0.05, 0.1) is 12.5 Å². The van der Waals surface area contributed by atoms with E-state index >= 15 is 0 Å². The molecule has 2 atom stereocenters. The number of rotatable bonds is 3. The van der Waals surface area contributed by atoms with Crippen molar-refractivity contribution in [3.05, 3.63) is 35.9 Å². The van der Waals surface area contributed by atoms with E-state index in [9.17, 15) is 0 Å². The Balaban J connectivity index is 2.28. The fourth-order valence-electron chi connectivity index (χ4n) is 1.95. The van der Waals surface area contributed by atoms with Crippen molar-refractivity contribution in [2.75, 3.05) is 13.1 Å². The number of amidine groups is 1. The summed E-state index contributed by atoms with van der Waals surface area (Å²) in [6.45, 7) is 3.96. The van der Waals surface area contributed by atoms with Gasteiger partial charge in [0, 0.05) is 11.8 Å². The van der Waals surface area contributed by atoms with Crippen molar-refractivity contribution in [1.82, 2.24) is 5.32 Å². The van der Waals surface area contributed by atoms with Gasteiger partial charge in [-0.05, 0) is 5.56 Å². The van der Waals surface area contributed by atoms with Crippen LogP contribution in [0.4, 0.5) is 0 Å². The van der Waals surface area contributed by atoms with Gasteiger partial charge >= 0.3 is 0 Å². The summed E-state index contributed by atoms with van der Waals surface area (Å²) in [5.41, 5.74) is 1.29. The molecule has 0 aromatic heterocycles. The largest absolute Gasteiger partial charge is 0.371 e. The van der Waals surface area contributed by atoms with Gasteiger partial charge in [-0.2, -0.15) is 12.6 Å². The Bertz CT molecular complexity index is 346. The molecule has 0 aliphatic carbocycles. The quantitative estimate of drug-likeness (QED) is 0.749. The molecule has 0 amide bonds. The Labute approximate surface area is 96.2 Å². The highest BCUT2D eigenvalue weighted by molar-refractivity contribution is 7.81. The number of aliphatic imine (C=N–C) groups is 1. The minimum absolute atomic E-state index is 0.275. The minimum Gasteiger partial charge on any atom is -0.371 e. The SMILES string of the molecule is CC(S)C(C1=NCCN1)c1ccccc1. The lowest BCUT2D eigenvalue weighted by molar-refractivity contribution is 0.836. The maximum atomic E-state index is 4.56. The zero-order valence-electron chi connectivity index (χ0n) is 8.85. The Hall–Kier alpha value is -0.960. The van der Waals surface area contributed by atoms with E-state index in [1.165, 1.54) is 5.56 Å². The molecule has 15 heavy (non-hydrogen) atoms. The molecule has 1 heterocycles. The maximum absolute atomic E-state index is 4.56. The third-order valence-electron chi connectivity index (χ3n) is 2.64. The van der Waals surface area contributed by atoms with Crippen LogP contribution in [-0.2, 0) is 0 Å². The first kappa shape index (κ1) is 10.6. The number of nitrogens with one attached hydrogen (secondary N) is 1. The van der Waals surface area contributed by atoms with E-state index in [-0.39, 0.29) is 11.2 Å². The summed E-state index contributed by atoms with van der Waals surface area (Å²) >= 11 is 4.56. The zero-order valence-corrected chi connectivity index (χ0v) is 9.74. The number of thiol groups is 1. The zero-order chi connectivity index (χ0) is 10.7. The molecule has 1 N–H and O–H groups in total. The molecular formula is C12H16N2S. The summed E-state index contributed by atoms with van der Waals surface area (Å²) in [7, 11) is 0. The van der Waals surface area contributed by atoms with Crippen molar-refractivity contribution in [2.24, 2.45) is 4.99 Å². The highest BCUT2D eigenvalue weighted by atomic mass is 32.1. The lowest BCUT2D eigenvalue weighted by atomic mass is 9.95. The van der Waals surface area contributed by atoms with Crippen LogP contribution in [0.5, 0.6) is 0 Å². The highest BCUT2D eigenvalue weighted by Gasteiger charge is 2.23. The predicted molar refractivity (Wildman–Crippen MR) is 67.9 cm³/mol. The molecule has 0 saturated heterocycles. The molecule has 3 heteroatoms. The van der Waals surface area contributed by atoms with E-state index in [0.717, 1.165) is 18.9 Å². The van der Waals surface area contributed by atoms with E-state index in [1.54, 1.807) is 0 Å². The standard InChI is InChI=1S/C12H16N2S/c1-9(15)11(12-13-7-8-14-12)10-5-3-2-4-6-10/h2-6,9,11,15H,7-8H2,1H3,(H,13,14). The molecule has 1 aliphatic heterocycles. The monoisotopic (exact) mass is 220 g/mol. The van der Waals surface area contributed by atoms with Crippen LogP contribution in [0.25, 0.3) is 0 Å². The lowest BCUT2D eigenvalue weighted by Gasteiger charge is -2.21. The Morgan fingerprint density at radius 2 is 2.07 bits per heavy atom. The first-order valence-electron chi connectivity index (χ1n) is 5.30. The topological polar surface area (TPSA) is 24.4 Å². The van der Waals surface area contributed by atoms with Gasteiger partial charge in [0.1, 0.15) is 5.84 Å². The van der Waals surface area contributed by atoms with Gasteiger partial charge in [-0.1, -0.05) is 37.3 Å². The summed E-state index contributed by atoms with van der Waals surface area (Å²) < 4.78 is 0. The maximum Gasteiger partial charge on any atom is 0.105 e. The van der Waals surface area contributed by atoms with Crippen LogP contribution >= 0.6 is 12.6 Å². The molecule has 2 unspecified atom stereocenters. The molecular weight excluding hydrogens is 204 g/mol. The second-order valence-corrected chi connectivity index (χ2v) is 4.64. The van der Waals surface area contributed by atoms with Gasteiger partial charge < -0.3 is 5.32 Å². The molecule has 0 spiro atoms. The van der Waals surface area contributed by atoms with Gasteiger partial charge in [0.2, 0.25) is 0 Å². The normalized spacial score (nSPS) is 19.2. The van der Waals surface area contributed by atoms with Crippen molar-refractivity contribution in [3.63, 3.8) is 0 Å². The molecule has 0 saturated carbocycles. The van der Waals surface area contributed by atoms with E-state index in [0.29, 0.717) is 0 Å². The molecule has 1 aliphatic rings. The van der Waals surface area contributed by atoms with E-state index in [2.05, 4.69) is 54.1 Å². The second kappa shape index (κ2) is 4.71. The summed E-state index contributed by atoms with van der Waals surface area (Å²) in [5, 5.41) is 3.61. The molecule has 0 fully saturated rings. The number of hydrogen-bond donors (Lipinski definition) is 2. The minimum atomic E-state index is 0.275. The lowest BCUT2D eigenvalue weighted by Crippen LogP contribution is -2.30. The van der Waals surface area contributed by atoms with Gasteiger partial charge in [0.25, 0.3) is 0 Å². The van der Waals surface area contributed by atoms with Crippen LogP contribution in [-0.4, -0.2) is 24.2 Å². The van der Waals surface area contributed by atoms with Crippen molar-refractivity contribution >= 4 is 18.5 Å². The summed E-state index contributed by atoms with van der Waals surface area (Å²) in [4.78, 5) is 4.49.